The van der Waals surface area contributed by atoms with Gasteiger partial charge in [-0.15, -0.1) is 0 Å². The number of amides is 1. The number of nitrogens with two attached hydrogens (primary N) is 2. The van der Waals surface area contributed by atoms with Crippen LogP contribution in [-0.2, 0) is 27.4 Å². The number of ether oxygens (including phenoxy) is 2. The van der Waals surface area contributed by atoms with E-state index in [2.05, 4.69) is 95.5 Å². The molecule has 6 aromatic rings. The molecule has 5 N–H and O–H groups in total. The second kappa shape index (κ2) is 20.3. The number of nitrogen functional groups attached to an aromatic ring is 2. The van der Waals surface area contributed by atoms with Crippen molar-refractivity contribution < 1.29 is 14.3 Å². The second-order valence-corrected chi connectivity index (χ2v) is 18.7. The van der Waals surface area contributed by atoms with Gasteiger partial charge < -0.3 is 50.8 Å². The van der Waals surface area contributed by atoms with Gasteiger partial charge in [-0.2, -0.15) is 0 Å². The van der Waals surface area contributed by atoms with Crippen LogP contribution in [0.5, 0.6) is 0 Å². The molecule has 4 fully saturated rings. The lowest BCUT2D eigenvalue weighted by Gasteiger charge is -2.38. The van der Waals surface area contributed by atoms with Crippen molar-refractivity contribution in [3.05, 3.63) is 24.8 Å². The molecule has 0 saturated carbocycles. The van der Waals surface area contributed by atoms with Crippen molar-refractivity contribution in [1.82, 2.24) is 69.2 Å². The van der Waals surface area contributed by atoms with Crippen molar-refractivity contribution in [1.29, 1.82) is 0 Å². The molecule has 0 radical (unpaired) electrons. The fourth-order valence-electron chi connectivity index (χ4n) is 9.08. The van der Waals surface area contributed by atoms with Crippen LogP contribution in [0, 0.1) is 11.8 Å². The highest BCUT2D eigenvalue weighted by Crippen LogP contribution is 2.34. The average Bonchev–Trinajstić information content (AvgIpc) is 3.89. The number of nitrogens with zero attached hydrogens (tertiary/aromatic N) is 17. The Morgan fingerprint density at radius 2 is 1.07 bits per heavy atom. The number of piperazine rings is 2. The normalized spacial score (nSPS) is 19.3. The van der Waals surface area contributed by atoms with Crippen LogP contribution in [0.25, 0.3) is 45.1 Å². The van der Waals surface area contributed by atoms with E-state index in [9.17, 15) is 4.79 Å². The molecular weight excluding hydrogens is 869 g/mol. The maximum absolute atomic E-state index is 11.4. The minimum atomic E-state index is 0.0980. The number of aromatic nitrogens is 12. The summed E-state index contributed by atoms with van der Waals surface area (Å²) >= 11 is 0. The molecule has 4 saturated heterocycles. The molecule has 10 heterocycles. The molecule has 23 heteroatoms. The number of morpholine rings is 2. The number of hydrogen-bond acceptors (Lipinski definition) is 20. The van der Waals surface area contributed by atoms with Gasteiger partial charge in [0.2, 0.25) is 30.2 Å². The number of nitrogens with one attached hydrogen (secondary N) is 1. The highest BCUT2D eigenvalue weighted by atomic mass is 16.5. The summed E-state index contributed by atoms with van der Waals surface area (Å²) in [7, 11) is 0. The molecule has 10 rings (SSSR count). The molecule has 4 aliphatic heterocycles. The summed E-state index contributed by atoms with van der Waals surface area (Å²) in [6.45, 7) is 25.1. The predicted molar refractivity (Wildman–Crippen MR) is 261 cm³/mol. The topological polar surface area (TPSA) is 255 Å². The van der Waals surface area contributed by atoms with Crippen molar-refractivity contribution in [2.45, 2.75) is 66.7 Å². The smallest absolute Gasteiger partial charge is 0.219 e. The SMILES string of the molecule is CC(C)Cn1c(N2CCN(C=O)[C@@H](C)C2)nc2c(N3CCOCC3)nc(-c3cnc(N)nc3)nc21.CC(C)Cn1c(N2CCN[C@@H](C)C2)nc2c(N3CCOCC3)nc(-c3cnc(N)nc3)nc21. The Morgan fingerprint density at radius 3 is 1.49 bits per heavy atom. The lowest BCUT2D eigenvalue weighted by Crippen LogP contribution is -2.52. The van der Waals surface area contributed by atoms with Crippen molar-refractivity contribution >= 4 is 64.2 Å². The molecule has 2 atom stereocenters. The molecule has 0 unspecified atom stereocenters. The first kappa shape index (κ1) is 46.5. The molecule has 68 heavy (non-hydrogen) atoms. The molecule has 0 spiro atoms. The summed E-state index contributed by atoms with van der Waals surface area (Å²) < 4.78 is 15.6. The Balaban J connectivity index is 0.000000170. The van der Waals surface area contributed by atoms with E-state index in [-0.39, 0.29) is 17.9 Å². The summed E-state index contributed by atoms with van der Waals surface area (Å²) in [6, 6.07) is 0.499. The second-order valence-electron chi connectivity index (χ2n) is 18.7. The molecule has 4 aliphatic rings. The van der Waals surface area contributed by atoms with E-state index in [1.54, 1.807) is 24.8 Å². The van der Waals surface area contributed by atoms with Crippen LogP contribution in [0.4, 0.5) is 35.4 Å². The van der Waals surface area contributed by atoms with Crippen LogP contribution >= 0.6 is 0 Å². The number of imidazole rings is 2. The van der Waals surface area contributed by atoms with Crippen molar-refractivity contribution in [3.8, 4) is 22.8 Å². The van der Waals surface area contributed by atoms with E-state index in [4.69, 9.17) is 50.8 Å². The van der Waals surface area contributed by atoms with Gasteiger partial charge in [0.1, 0.15) is 0 Å². The van der Waals surface area contributed by atoms with E-state index < -0.39 is 0 Å². The molecule has 1 amide bonds. The lowest BCUT2D eigenvalue weighted by molar-refractivity contribution is -0.120. The highest BCUT2D eigenvalue weighted by Gasteiger charge is 2.31. The average molecular weight is 933 g/mol. The van der Waals surface area contributed by atoms with Gasteiger partial charge in [0.15, 0.2) is 45.6 Å². The molecule has 0 aliphatic carbocycles. The number of hydrogen-bond donors (Lipinski definition) is 3. The van der Waals surface area contributed by atoms with E-state index in [1.165, 1.54) is 0 Å². The molecule has 23 nitrogen and oxygen atoms in total. The fraction of sp³-hybridized carbons (Fsp3) is 0.578. The van der Waals surface area contributed by atoms with Gasteiger partial charge >= 0.3 is 0 Å². The van der Waals surface area contributed by atoms with Gasteiger partial charge in [-0.3, -0.25) is 13.9 Å². The van der Waals surface area contributed by atoms with E-state index in [1.807, 2.05) is 4.90 Å². The third-order valence-electron chi connectivity index (χ3n) is 12.4. The maximum Gasteiger partial charge on any atom is 0.219 e. The maximum atomic E-state index is 11.4. The Kier molecular flexibility index (Phi) is 13.9. The van der Waals surface area contributed by atoms with E-state index in [0.29, 0.717) is 81.2 Å². The van der Waals surface area contributed by atoms with Crippen molar-refractivity contribution in [3.63, 3.8) is 0 Å². The zero-order valence-corrected chi connectivity index (χ0v) is 40.0. The quantitative estimate of drug-likeness (QED) is 0.157. The van der Waals surface area contributed by atoms with E-state index >= 15 is 0 Å². The molecular formula is C45H64N20O3. The van der Waals surface area contributed by atoms with Gasteiger partial charge in [-0.1, -0.05) is 27.7 Å². The largest absolute Gasteiger partial charge is 0.378 e. The summed E-state index contributed by atoms with van der Waals surface area (Å²) in [5, 5.41) is 3.52. The molecule has 6 aromatic heterocycles. The Morgan fingerprint density at radius 1 is 0.618 bits per heavy atom. The van der Waals surface area contributed by atoms with Crippen molar-refractivity contribution in [2.75, 3.05) is 123 Å². The third-order valence-corrected chi connectivity index (χ3v) is 12.4. The summed E-state index contributed by atoms with van der Waals surface area (Å²) in [5.41, 5.74) is 16.1. The summed E-state index contributed by atoms with van der Waals surface area (Å²) in [5.74, 6) is 5.81. The number of rotatable bonds is 11. The van der Waals surface area contributed by atoms with Gasteiger partial charge in [-0.25, -0.2) is 49.8 Å². The van der Waals surface area contributed by atoms with Gasteiger partial charge in [0, 0.05) is 115 Å². The fourth-order valence-corrected chi connectivity index (χ4v) is 9.08. The first-order valence-electron chi connectivity index (χ1n) is 23.8. The van der Waals surface area contributed by atoms with E-state index in [0.717, 1.165) is 117 Å². The monoisotopic (exact) mass is 933 g/mol. The Hall–Kier alpha value is -6.59. The number of fused-ring (bicyclic) bond motifs is 2. The zero-order valence-electron chi connectivity index (χ0n) is 40.0. The highest BCUT2D eigenvalue weighted by molar-refractivity contribution is 5.89. The van der Waals surface area contributed by atoms with Crippen LogP contribution in [0.15, 0.2) is 24.8 Å². The minimum absolute atomic E-state index is 0.0980. The van der Waals surface area contributed by atoms with Gasteiger partial charge in [-0.05, 0) is 25.7 Å². The van der Waals surface area contributed by atoms with Crippen LogP contribution in [-0.4, -0.2) is 174 Å². The summed E-state index contributed by atoms with van der Waals surface area (Å²) in [6.07, 6.45) is 7.58. The zero-order chi connectivity index (χ0) is 47.5. The Labute approximate surface area is 395 Å². The third kappa shape index (κ3) is 9.99. The van der Waals surface area contributed by atoms with Crippen LogP contribution < -0.4 is 36.4 Å². The lowest BCUT2D eigenvalue weighted by atomic mass is 10.2. The number of carbonyl (C=O) groups excluding carboxylic acids is 1. The Bertz CT molecular complexity index is 2660. The van der Waals surface area contributed by atoms with Crippen LogP contribution in [0.3, 0.4) is 0 Å². The minimum Gasteiger partial charge on any atom is -0.378 e. The number of anilines is 6. The molecule has 362 valence electrons. The molecule has 0 bridgehead atoms. The predicted octanol–water partition coefficient (Wildman–Crippen LogP) is 2.18. The van der Waals surface area contributed by atoms with Crippen LogP contribution in [0.2, 0.25) is 0 Å². The van der Waals surface area contributed by atoms with Crippen molar-refractivity contribution in [2.24, 2.45) is 11.8 Å². The first-order chi connectivity index (χ1) is 32.9. The van der Waals surface area contributed by atoms with Gasteiger partial charge in [0.25, 0.3) is 0 Å². The standard InChI is InChI=1S/C23H32N10O2.C22H32N10O/c1-15(2)12-33-21-18(27-23(33)31-4-5-32(14-34)16(3)13-31)20(30-6-8-35-9-7-30)28-19(29-21)17-10-25-22(24)26-11-17;1-14(2)12-32-20-17(27-22(32)31-5-4-24-15(3)13-31)19(30-6-8-33-9-7-30)28-18(29-20)16-10-25-21(23)26-11-16/h10-11,14-16H,4-9,12-13H2,1-3H3,(H2,24,25,26);10-11,14-15,24H,4-9,12-13H2,1-3H3,(H2,23,25,26)/t16-;15-/m00/s1. The summed E-state index contributed by atoms with van der Waals surface area (Å²) in [4.78, 5) is 69.0. The van der Waals surface area contributed by atoms with Gasteiger partial charge in [0.05, 0.1) is 37.6 Å². The molecule has 0 aromatic carbocycles. The first-order valence-corrected chi connectivity index (χ1v) is 23.8. The number of carbonyl (C=O) groups is 1. The van der Waals surface area contributed by atoms with Crippen LogP contribution in [0.1, 0.15) is 41.5 Å².